The van der Waals surface area contributed by atoms with E-state index in [4.69, 9.17) is 9.47 Å². The standard InChI is InChI=1S/C16H25N5O3/c1-13(20-2-6-23-7-3-20)10-17-15(22)14-11-18-16(19-12-14)21-4-8-24-9-5-21/h11-13H,2-10H2,1H3,(H,17,22)/t13-/m0/s1. The molecule has 8 heteroatoms. The van der Waals surface area contributed by atoms with Crippen molar-refractivity contribution in [2.45, 2.75) is 13.0 Å². The number of hydrogen-bond donors (Lipinski definition) is 1. The van der Waals surface area contributed by atoms with Crippen LogP contribution >= 0.6 is 0 Å². The van der Waals surface area contributed by atoms with Gasteiger partial charge in [-0.05, 0) is 6.92 Å². The highest BCUT2D eigenvalue weighted by atomic mass is 16.5. The number of morpholine rings is 2. The molecular formula is C16H25N5O3. The van der Waals surface area contributed by atoms with Gasteiger partial charge in [0, 0.05) is 51.2 Å². The normalized spacial score (nSPS) is 20.6. The molecule has 0 saturated carbocycles. The van der Waals surface area contributed by atoms with E-state index in [1.165, 1.54) is 0 Å². The summed E-state index contributed by atoms with van der Waals surface area (Å²) < 4.78 is 10.7. The van der Waals surface area contributed by atoms with Crippen LogP contribution in [0.15, 0.2) is 12.4 Å². The van der Waals surface area contributed by atoms with Crippen LogP contribution in [0.5, 0.6) is 0 Å². The molecule has 3 heterocycles. The highest BCUT2D eigenvalue weighted by Crippen LogP contribution is 2.09. The predicted molar refractivity (Wildman–Crippen MR) is 89.3 cm³/mol. The second-order valence-corrected chi connectivity index (χ2v) is 6.08. The molecule has 0 aromatic carbocycles. The Morgan fingerprint density at radius 2 is 1.71 bits per heavy atom. The van der Waals surface area contributed by atoms with Crippen molar-refractivity contribution in [1.29, 1.82) is 0 Å². The Hall–Kier alpha value is -1.77. The fourth-order valence-electron chi connectivity index (χ4n) is 2.85. The van der Waals surface area contributed by atoms with Gasteiger partial charge in [0.2, 0.25) is 5.95 Å². The summed E-state index contributed by atoms with van der Waals surface area (Å²) in [6.45, 7) is 8.99. The van der Waals surface area contributed by atoms with E-state index in [9.17, 15) is 4.79 Å². The minimum atomic E-state index is -0.136. The molecule has 1 aromatic heterocycles. The van der Waals surface area contributed by atoms with Gasteiger partial charge < -0.3 is 19.7 Å². The number of aromatic nitrogens is 2. The molecule has 0 spiro atoms. The molecule has 2 fully saturated rings. The van der Waals surface area contributed by atoms with Crippen molar-refractivity contribution in [2.24, 2.45) is 0 Å². The number of ether oxygens (including phenoxy) is 2. The monoisotopic (exact) mass is 335 g/mol. The van der Waals surface area contributed by atoms with Gasteiger partial charge >= 0.3 is 0 Å². The van der Waals surface area contributed by atoms with Crippen LogP contribution in [0.4, 0.5) is 5.95 Å². The quantitative estimate of drug-likeness (QED) is 0.796. The zero-order valence-corrected chi connectivity index (χ0v) is 14.1. The van der Waals surface area contributed by atoms with Crippen molar-refractivity contribution in [3.8, 4) is 0 Å². The van der Waals surface area contributed by atoms with Gasteiger partial charge in [0.15, 0.2) is 0 Å². The molecule has 0 bridgehead atoms. The highest BCUT2D eigenvalue weighted by molar-refractivity contribution is 5.93. The maximum absolute atomic E-state index is 12.3. The van der Waals surface area contributed by atoms with Gasteiger partial charge in [-0.1, -0.05) is 0 Å². The number of anilines is 1. The van der Waals surface area contributed by atoms with Gasteiger partial charge in [-0.25, -0.2) is 9.97 Å². The Labute approximate surface area is 142 Å². The summed E-state index contributed by atoms with van der Waals surface area (Å²) >= 11 is 0. The molecule has 24 heavy (non-hydrogen) atoms. The van der Waals surface area contributed by atoms with Crippen molar-refractivity contribution in [3.05, 3.63) is 18.0 Å². The summed E-state index contributed by atoms with van der Waals surface area (Å²) in [6.07, 6.45) is 3.18. The van der Waals surface area contributed by atoms with Crippen molar-refractivity contribution in [2.75, 3.05) is 64.1 Å². The molecule has 1 amide bonds. The lowest BCUT2D eigenvalue weighted by molar-refractivity contribution is 0.0204. The third-order valence-electron chi connectivity index (χ3n) is 4.42. The number of nitrogens with zero attached hydrogens (tertiary/aromatic N) is 4. The number of carbonyl (C=O) groups excluding carboxylic acids is 1. The minimum Gasteiger partial charge on any atom is -0.379 e. The summed E-state index contributed by atoms with van der Waals surface area (Å²) in [6, 6.07) is 0.284. The molecule has 132 valence electrons. The van der Waals surface area contributed by atoms with E-state index in [0.717, 1.165) is 39.4 Å². The molecule has 3 rings (SSSR count). The van der Waals surface area contributed by atoms with E-state index in [2.05, 4.69) is 32.0 Å². The number of carbonyl (C=O) groups is 1. The highest BCUT2D eigenvalue weighted by Gasteiger charge is 2.18. The van der Waals surface area contributed by atoms with Crippen molar-refractivity contribution in [3.63, 3.8) is 0 Å². The molecule has 1 N–H and O–H groups in total. The Morgan fingerprint density at radius 1 is 1.12 bits per heavy atom. The molecule has 1 aromatic rings. The van der Waals surface area contributed by atoms with Crippen LogP contribution in [0.25, 0.3) is 0 Å². The van der Waals surface area contributed by atoms with Gasteiger partial charge in [0.1, 0.15) is 0 Å². The SMILES string of the molecule is C[C@@H](CNC(=O)c1cnc(N2CCOCC2)nc1)N1CCOCC1. The third-order valence-corrected chi connectivity index (χ3v) is 4.42. The molecule has 0 aliphatic carbocycles. The lowest BCUT2D eigenvalue weighted by Crippen LogP contribution is -2.47. The van der Waals surface area contributed by atoms with Crippen LogP contribution in [0.3, 0.4) is 0 Å². The van der Waals surface area contributed by atoms with Crippen molar-refractivity contribution < 1.29 is 14.3 Å². The zero-order valence-electron chi connectivity index (χ0n) is 14.1. The van der Waals surface area contributed by atoms with Crippen LogP contribution in [0, 0.1) is 0 Å². The van der Waals surface area contributed by atoms with Crippen LogP contribution in [-0.4, -0.2) is 86.0 Å². The van der Waals surface area contributed by atoms with Crippen molar-refractivity contribution in [1.82, 2.24) is 20.2 Å². The first-order valence-corrected chi connectivity index (χ1v) is 8.49. The third kappa shape index (κ3) is 4.40. The molecule has 0 radical (unpaired) electrons. The topological polar surface area (TPSA) is 79.8 Å². The predicted octanol–water partition coefficient (Wildman–Crippen LogP) is -0.236. The maximum atomic E-state index is 12.3. The number of hydrogen-bond acceptors (Lipinski definition) is 7. The fourth-order valence-corrected chi connectivity index (χ4v) is 2.85. The number of rotatable bonds is 5. The number of nitrogens with one attached hydrogen (secondary N) is 1. The zero-order chi connectivity index (χ0) is 16.8. The van der Waals surface area contributed by atoms with Gasteiger partial charge in [0.25, 0.3) is 5.91 Å². The molecule has 8 nitrogen and oxygen atoms in total. The first-order valence-electron chi connectivity index (χ1n) is 8.49. The Morgan fingerprint density at radius 3 is 2.33 bits per heavy atom. The number of amides is 1. The lowest BCUT2D eigenvalue weighted by atomic mass is 10.2. The summed E-state index contributed by atoms with van der Waals surface area (Å²) in [5.41, 5.74) is 0.487. The molecular weight excluding hydrogens is 310 g/mol. The molecule has 1 atom stereocenters. The first-order chi connectivity index (χ1) is 11.7. The molecule has 0 unspecified atom stereocenters. The van der Waals surface area contributed by atoms with Crippen molar-refractivity contribution >= 4 is 11.9 Å². The summed E-state index contributed by atoms with van der Waals surface area (Å²) in [7, 11) is 0. The summed E-state index contributed by atoms with van der Waals surface area (Å²) in [5, 5.41) is 2.96. The van der Waals surface area contributed by atoms with E-state index in [-0.39, 0.29) is 11.9 Å². The average Bonchev–Trinajstić information content (AvgIpc) is 2.67. The van der Waals surface area contributed by atoms with Crippen LogP contribution < -0.4 is 10.2 Å². The Bertz CT molecular complexity index is 527. The van der Waals surface area contributed by atoms with Crippen LogP contribution in [0.1, 0.15) is 17.3 Å². The fraction of sp³-hybridized carbons (Fsp3) is 0.688. The van der Waals surface area contributed by atoms with E-state index in [0.29, 0.717) is 31.3 Å². The lowest BCUT2D eigenvalue weighted by Gasteiger charge is -2.32. The smallest absolute Gasteiger partial charge is 0.254 e. The first kappa shape index (κ1) is 17.1. The second-order valence-electron chi connectivity index (χ2n) is 6.08. The van der Waals surface area contributed by atoms with Gasteiger partial charge in [-0.2, -0.15) is 0 Å². The molecule has 2 saturated heterocycles. The van der Waals surface area contributed by atoms with E-state index < -0.39 is 0 Å². The van der Waals surface area contributed by atoms with Gasteiger partial charge in [-0.15, -0.1) is 0 Å². The van der Waals surface area contributed by atoms with Crippen LogP contribution in [-0.2, 0) is 9.47 Å². The van der Waals surface area contributed by atoms with Crippen LogP contribution in [0.2, 0.25) is 0 Å². The minimum absolute atomic E-state index is 0.136. The van der Waals surface area contributed by atoms with E-state index in [1.54, 1.807) is 12.4 Å². The average molecular weight is 335 g/mol. The molecule has 2 aliphatic heterocycles. The van der Waals surface area contributed by atoms with Gasteiger partial charge in [-0.3, -0.25) is 9.69 Å². The summed E-state index contributed by atoms with van der Waals surface area (Å²) in [4.78, 5) is 25.3. The van der Waals surface area contributed by atoms with E-state index >= 15 is 0 Å². The van der Waals surface area contributed by atoms with Gasteiger partial charge in [0.05, 0.1) is 32.0 Å². The van der Waals surface area contributed by atoms with E-state index in [1.807, 2.05) is 0 Å². The Kier molecular flexibility index (Phi) is 5.95. The second kappa shape index (κ2) is 8.36. The molecule has 2 aliphatic rings. The summed E-state index contributed by atoms with van der Waals surface area (Å²) in [5.74, 6) is 0.514. The largest absolute Gasteiger partial charge is 0.379 e. The Balaban J connectivity index is 1.49. The maximum Gasteiger partial charge on any atom is 0.254 e.